The van der Waals surface area contributed by atoms with Crippen LogP contribution in [0.5, 0.6) is 0 Å². The molecular formula is C42H70O5Si2. The average molecular weight is 711 g/mol. The number of rotatable bonds is 13. The Labute approximate surface area is 302 Å². The molecule has 0 bridgehead atoms. The Kier molecular flexibility index (Phi) is 17.2. The molecule has 0 amide bonds. The molecule has 0 aliphatic carbocycles. The van der Waals surface area contributed by atoms with Crippen molar-refractivity contribution in [3.05, 3.63) is 83.0 Å². The summed E-state index contributed by atoms with van der Waals surface area (Å²) < 4.78 is 20.7. The SMILES string of the molecule is C/C(=C\Cc1ccccc1)CC[C@H](C[C@H]1C[C@H](O[Si](C)(C)C(C)(C)C)C/C(C)=C/C/C=C/C/C(CCO)=C\C(=O)O1)O[Si](C)(C)C(C)(C)C. The predicted octanol–water partition coefficient (Wildman–Crippen LogP) is 11.4. The predicted molar refractivity (Wildman–Crippen MR) is 213 cm³/mol. The van der Waals surface area contributed by atoms with E-state index in [2.05, 4.69) is 136 Å². The minimum absolute atomic E-state index is 0.00259. The van der Waals surface area contributed by atoms with Crippen LogP contribution in [0.4, 0.5) is 0 Å². The monoisotopic (exact) mass is 710 g/mol. The molecule has 49 heavy (non-hydrogen) atoms. The van der Waals surface area contributed by atoms with Gasteiger partial charge in [-0.1, -0.05) is 113 Å². The Balaban J connectivity index is 2.50. The van der Waals surface area contributed by atoms with E-state index in [1.165, 1.54) is 16.7 Å². The van der Waals surface area contributed by atoms with Crippen LogP contribution in [-0.2, 0) is 24.8 Å². The van der Waals surface area contributed by atoms with Gasteiger partial charge in [0.25, 0.3) is 0 Å². The number of cyclic esters (lactones) is 1. The first kappa shape index (κ1) is 43.1. The molecule has 0 radical (unpaired) electrons. The van der Waals surface area contributed by atoms with E-state index in [9.17, 15) is 9.90 Å². The van der Waals surface area contributed by atoms with Crippen LogP contribution in [0.3, 0.4) is 0 Å². The first-order valence-corrected chi connectivity index (χ1v) is 24.4. The molecule has 0 aromatic heterocycles. The van der Waals surface area contributed by atoms with Gasteiger partial charge in [-0.25, -0.2) is 4.79 Å². The number of carbonyl (C=O) groups is 1. The third kappa shape index (κ3) is 15.8. The zero-order valence-electron chi connectivity index (χ0n) is 33.2. The summed E-state index contributed by atoms with van der Waals surface area (Å²) in [6.45, 7) is 27.3. The maximum atomic E-state index is 13.6. The van der Waals surface area contributed by atoms with Crippen LogP contribution in [0, 0.1) is 0 Å². The molecule has 0 unspecified atom stereocenters. The largest absolute Gasteiger partial charge is 0.459 e. The highest BCUT2D eigenvalue weighted by molar-refractivity contribution is 6.74. The van der Waals surface area contributed by atoms with Crippen LogP contribution in [0.1, 0.15) is 112 Å². The molecule has 0 saturated carbocycles. The molecular weight excluding hydrogens is 641 g/mol. The number of carbonyl (C=O) groups excluding carboxylic acids is 1. The van der Waals surface area contributed by atoms with E-state index in [-0.39, 0.29) is 41.0 Å². The van der Waals surface area contributed by atoms with E-state index >= 15 is 0 Å². The highest BCUT2D eigenvalue weighted by Gasteiger charge is 2.42. The lowest BCUT2D eigenvalue weighted by Crippen LogP contribution is -2.46. The highest BCUT2D eigenvalue weighted by atomic mass is 28.4. The van der Waals surface area contributed by atoms with Gasteiger partial charge in [0.15, 0.2) is 16.6 Å². The number of ether oxygens (including phenoxy) is 1. The molecule has 0 saturated heterocycles. The molecule has 1 heterocycles. The van der Waals surface area contributed by atoms with Gasteiger partial charge in [0.2, 0.25) is 0 Å². The summed E-state index contributed by atoms with van der Waals surface area (Å²) in [5.74, 6) is -0.345. The summed E-state index contributed by atoms with van der Waals surface area (Å²) in [6, 6.07) is 10.6. The Morgan fingerprint density at radius 1 is 1.02 bits per heavy atom. The Morgan fingerprint density at radius 2 is 1.67 bits per heavy atom. The molecule has 0 spiro atoms. The van der Waals surface area contributed by atoms with Crippen molar-refractivity contribution >= 4 is 22.6 Å². The van der Waals surface area contributed by atoms with Gasteiger partial charge >= 0.3 is 5.97 Å². The maximum Gasteiger partial charge on any atom is 0.330 e. The van der Waals surface area contributed by atoms with Crippen LogP contribution in [0.25, 0.3) is 0 Å². The fourth-order valence-electron chi connectivity index (χ4n) is 5.54. The minimum atomic E-state index is -2.13. The minimum Gasteiger partial charge on any atom is -0.459 e. The van der Waals surface area contributed by atoms with Crippen LogP contribution in [-0.4, -0.2) is 52.6 Å². The molecule has 1 aliphatic rings. The third-order valence-corrected chi connectivity index (χ3v) is 19.8. The number of allylic oxidation sites excluding steroid dienone is 5. The van der Waals surface area contributed by atoms with Crippen molar-refractivity contribution in [3.8, 4) is 0 Å². The molecule has 3 atom stereocenters. The molecule has 1 aliphatic heterocycles. The first-order valence-electron chi connectivity index (χ1n) is 18.6. The average Bonchev–Trinajstić information content (AvgIpc) is 2.97. The Morgan fingerprint density at radius 3 is 2.29 bits per heavy atom. The fourth-order valence-corrected chi connectivity index (χ4v) is 8.31. The second-order valence-electron chi connectivity index (χ2n) is 17.3. The van der Waals surface area contributed by atoms with Crippen molar-refractivity contribution in [2.24, 2.45) is 0 Å². The van der Waals surface area contributed by atoms with Crippen molar-refractivity contribution in [2.75, 3.05) is 6.61 Å². The highest BCUT2D eigenvalue weighted by Crippen LogP contribution is 2.40. The number of aliphatic hydroxyl groups is 1. The van der Waals surface area contributed by atoms with Gasteiger partial charge in [0.05, 0.1) is 6.10 Å². The maximum absolute atomic E-state index is 13.6. The third-order valence-electron chi connectivity index (χ3n) is 10.7. The summed E-state index contributed by atoms with van der Waals surface area (Å²) in [4.78, 5) is 13.6. The smallest absolute Gasteiger partial charge is 0.330 e. The van der Waals surface area contributed by atoms with E-state index in [0.717, 1.165) is 37.7 Å². The van der Waals surface area contributed by atoms with Crippen molar-refractivity contribution in [2.45, 2.75) is 168 Å². The van der Waals surface area contributed by atoms with Gasteiger partial charge in [0, 0.05) is 31.6 Å². The van der Waals surface area contributed by atoms with Crippen molar-refractivity contribution < 1.29 is 23.5 Å². The molecule has 1 aromatic rings. The van der Waals surface area contributed by atoms with Crippen molar-refractivity contribution in [1.82, 2.24) is 0 Å². The Bertz CT molecular complexity index is 1280. The zero-order chi connectivity index (χ0) is 36.9. The van der Waals surface area contributed by atoms with E-state index in [1.54, 1.807) is 6.08 Å². The first-order chi connectivity index (χ1) is 22.7. The second kappa shape index (κ2) is 19.5. The van der Waals surface area contributed by atoms with Crippen molar-refractivity contribution in [1.29, 1.82) is 0 Å². The summed E-state index contributed by atoms with van der Waals surface area (Å²) in [5.41, 5.74) is 4.82. The molecule has 0 fully saturated rings. The normalized spacial score (nSPS) is 23.0. The number of hydrogen-bond donors (Lipinski definition) is 1. The van der Waals surface area contributed by atoms with Gasteiger partial charge in [-0.15, -0.1) is 0 Å². The van der Waals surface area contributed by atoms with Gasteiger partial charge in [-0.3, -0.25) is 0 Å². The quantitative estimate of drug-likeness (QED) is 0.125. The molecule has 1 aromatic carbocycles. The van der Waals surface area contributed by atoms with Crippen LogP contribution in [0.2, 0.25) is 36.3 Å². The van der Waals surface area contributed by atoms with E-state index in [1.807, 2.05) is 0 Å². The summed E-state index contributed by atoms with van der Waals surface area (Å²) in [5, 5.41) is 9.82. The van der Waals surface area contributed by atoms with Crippen LogP contribution >= 0.6 is 0 Å². The van der Waals surface area contributed by atoms with E-state index in [4.69, 9.17) is 13.6 Å². The zero-order valence-corrected chi connectivity index (χ0v) is 35.2. The van der Waals surface area contributed by atoms with Gasteiger partial charge in [0.1, 0.15) is 6.10 Å². The van der Waals surface area contributed by atoms with E-state index in [0.29, 0.717) is 25.7 Å². The lowest BCUT2D eigenvalue weighted by atomic mass is 9.97. The summed E-state index contributed by atoms with van der Waals surface area (Å²) >= 11 is 0. The van der Waals surface area contributed by atoms with Gasteiger partial charge < -0.3 is 18.7 Å². The number of esters is 1. The summed E-state index contributed by atoms with van der Waals surface area (Å²) in [6.07, 6.45) is 16.6. The van der Waals surface area contributed by atoms with Crippen LogP contribution in [0.15, 0.2) is 77.4 Å². The standard InChI is InChI=1S/C42H70O5Si2/c1-33(23-25-35-20-16-14-17-21-35)24-26-37(46-48(9,10)41(3,4)5)31-38-32-39(47-49(11,12)42(6,7)8)29-34(2)19-15-13-18-22-36(27-28-43)30-40(44)45-38/h13-14,16-21,23,30,37-39,43H,15,22,24-29,31-32H2,1-12H3/b18-13+,33-23+,34-19+,36-30+/t37-,38+,39-/m1/s1. The second-order valence-corrected chi connectivity index (χ2v) is 26.8. The number of hydrogen-bond acceptors (Lipinski definition) is 5. The topological polar surface area (TPSA) is 65.0 Å². The fraction of sp³-hybridized carbons (Fsp3) is 0.643. The molecule has 1 N–H and O–H groups in total. The summed E-state index contributed by atoms with van der Waals surface area (Å²) in [7, 11) is -4.26. The molecule has 7 heteroatoms. The molecule has 276 valence electrons. The van der Waals surface area contributed by atoms with Gasteiger partial charge in [-0.05, 0) is 101 Å². The van der Waals surface area contributed by atoms with Crippen molar-refractivity contribution in [3.63, 3.8) is 0 Å². The molecule has 2 rings (SSSR count). The number of aliphatic hydroxyl groups excluding tert-OH is 1. The Hall–Kier alpha value is -2.04. The molecule has 5 nitrogen and oxygen atoms in total. The van der Waals surface area contributed by atoms with E-state index < -0.39 is 16.6 Å². The van der Waals surface area contributed by atoms with Gasteiger partial charge in [-0.2, -0.15) is 0 Å². The lowest BCUT2D eigenvalue weighted by Gasteiger charge is -2.41. The lowest BCUT2D eigenvalue weighted by molar-refractivity contribution is -0.145. The van der Waals surface area contributed by atoms with Crippen LogP contribution < -0.4 is 0 Å². The number of benzene rings is 1.